The molecule has 1 heterocycles. The second-order valence-corrected chi connectivity index (χ2v) is 6.35. The Labute approximate surface area is 106 Å². The van der Waals surface area contributed by atoms with Gasteiger partial charge in [-0.05, 0) is 31.0 Å². The Morgan fingerprint density at radius 1 is 1.50 bits per heavy atom. The molecule has 0 aromatic heterocycles. The summed E-state index contributed by atoms with van der Waals surface area (Å²) in [5.41, 5.74) is 3.05. The molecule has 0 spiro atoms. The third-order valence-electron chi connectivity index (χ3n) is 3.04. The van der Waals surface area contributed by atoms with Crippen molar-refractivity contribution in [3.05, 3.63) is 27.8 Å². The maximum atomic E-state index is 11.5. The molecule has 2 rings (SSSR count). The van der Waals surface area contributed by atoms with Crippen molar-refractivity contribution in [2.24, 2.45) is 0 Å². The molecule has 1 aliphatic heterocycles. The molecule has 0 radical (unpaired) electrons. The Hall–Kier alpha value is -0.470. The largest absolute Gasteiger partial charge is 0.294 e. The molecular weight excluding hydrogens is 240 g/mol. The molecule has 1 aromatic carbocycles. The summed E-state index contributed by atoms with van der Waals surface area (Å²) < 4.78 is 0. The van der Waals surface area contributed by atoms with Gasteiger partial charge in [-0.1, -0.05) is 25.4 Å². The number of ketones is 1. The van der Waals surface area contributed by atoms with E-state index in [4.69, 9.17) is 11.6 Å². The lowest BCUT2D eigenvalue weighted by Gasteiger charge is -2.21. The molecule has 86 valence electrons. The first kappa shape index (κ1) is 12.0. The molecule has 0 N–H and O–H groups in total. The molecule has 0 fully saturated rings. The van der Waals surface area contributed by atoms with E-state index in [1.54, 1.807) is 6.92 Å². The average molecular weight is 255 g/mol. The van der Waals surface area contributed by atoms with Gasteiger partial charge in [0.05, 0.1) is 5.02 Å². The maximum Gasteiger partial charge on any atom is 0.161 e. The van der Waals surface area contributed by atoms with Gasteiger partial charge in [0, 0.05) is 21.6 Å². The number of aryl methyl sites for hydroxylation is 1. The summed E-state index contributed by atoms with van der Waals surface area (Å²) in [5.74, 6) is 1.08. The van der Waals surface area contributed by atoms with E-state index in [0.717, 1.165) is 11.3 Å². The Morgan fingerprint density at radius 2 is 2.12 bits per heavy atom. The normalized spacial score (nSPS) is 17.3. The average Bonchev–Trinajstić information content (AvgIpc) is 2.48. The van der Waals surface area contributed by atoms with Crippen molar-refractivity contribution >= 4 is 29.1 Å². The van der Waals surface area contributed by atoms with E-state index in [2.05, 4.69) is 20.8 Å². The predicted octanol–water partition coefficient (Wildman–Crippen LogP) is 4.23. The number of benzene rings is 1. The van der Waals surface area contributed by atoms with Crippen LogP contribution in [0.15, 0.2) is 11.0 Å². The molecule has 0 saturated heterocycles. The van der Waals surface area contributed by atoms with Crippen molar-refractivity contribution in [2.75, 3.05) is 5.75 Å². The molecule has 3 heteroatoms. The summed E-state index contributed by atoms with van der Waals surface area (Å²) in [4.78, 5) is 12.8. The molecule has 16 heavy (non-hydrogen) atoms. The van der Waals surface area contributed by atoms with Crippen molar-refractivity contribution in [3.8, 4) is 0 Å². The second-order valence-electron chi connectivity index (χ2n) is 4.99. The number of carbonyl (C=O) groups excluding carboxylic acids is 1. The lowest BCUT2D eigenvalue weighted by Crippen LogP contribution is -2.17. The van der Waals surface area contributed by atoms with E-state index in [1.807, 2.05) is 17.8 Å². The Kier molecular flexibility index (Phi) is 2.83. The fraction of sp³-hybridized carbons (Fsp3) is 0.462. The lowest BCUT2D eigenvalue weighted by molar-refractivity contribution is 0.101. The molecule has 1 aliphatic rings. The SMILES string of the molecule is CC(=O)c1cc(C)c2c(c1Cl)C(C)(C)CS2. The quantitative estimate of drug-likeness (QED) is 0.698. The molecule has 1 nitrogen and oxygen atoms in total. The van der Waals surface area contributed by atoms with Gasteiger partial charge < -0.3 is 0 Å². The second kappa shape index (κ2) is 3.78. The highest BCUT2D eigenvalue weighted by molar-refractivity contribution is 7.99. The molecule has 1 aromatic rings. The van der Waals surface area contributed by atoms with Crippen LogP contribution in [0.25, 0.3) is 0 Å². The molecule has 0 aliphatic carbocycles. The fourth-order valence-corrected chi connectivity index (χ4v) is 4.20. The van der Waals surface area contributed by atoms with Crippen molar-refractivity contribution in [1.29, 1.82) is 0 Å². The van der Waals surface area contributed by atoms with E-state index in [1.165, 1.54) is 10.5 Å². The number of hydrogen-bond acceptors (Lipinski definition) is 2. The van der Waals surface area contributed by atoms with Gasteiger partial charge in [-0.25, -0.2) is 0 Å². The molecule has 0 atom stereocenters. The number of hydrogen-bond donors (Lipinski definition) is 0. The first-order valence-electron chi connectivity index (χ1n) is 5.32. The fourth-order valence-electron chi connectivity index (χ4n) is 2.15. The third kappa shape index (κ3) is 1.68. The monoisotopic (exact) mass is 254 g/mol. The number of carbonyl (C=O) groups is 1. The minimum Gasteiger partial charge on any atom is -0.294 e. The van der Waals surface area contributed by atoms with E-state index in [-0.39, 0.29) is 11.2 Å². The zero-order valence-electron chi connectivity index (χ0n) is 9.98. The van der Waals surface area contributed by atoms with E-state index >= 15 is 0 Å². The van der Waals surface area contributed by atoms with Crippen LogP contribution in [0, 0.1) is 6.92 Å². The Balaban J connectivity index is 2.76. The number of fused-ring (bicyclic) bond motifs is 1. The van der Waals surface area contributed by atoms with E-state index in [0.29, 0.717) is 10.6 Å². The molecule has 0 saturated carbocycles. The van der Waals surface area contributed by atoms with Gasteiger partial charge in [-0.15, -0.1) is 11.8 Å². The van der Waals surface area contributed by atoms with Gasteiger partial charge in [-0.2, -0.15) is 0 Å². The molecular formula is C13H15ClOS. The van der Waals surface area contributed by atoms with Crippen LogP contribution >= 0.6 is 23.4 Å². The highest BCUT2D eigenvalue weighted by Gasteiger charge is 2.35. The van der Waals surface area contributed by atoms with Crippen LogP contribution in [-0.4, -0.2) is 11.5 Å². The van der Waals surface area contributed by atoms with E-state index < -0.39 is 0 Å². The van der Waals surface area contributed by atoms with E-state index in [9.17, 15) is 4.79 Å². The van der Waals surface area contributed by atoms with Crippen LogP contribution in [0.5, 0.6) is 0 Å². The standard InChI is InChI=1S/C13H15ClOS/c1-7-5-9(8(2)15)11(14)10-12(7)16-6-13(10,3)4/h5H,6H2,1-4H3. The third-order valence-corrected chi connectivity index (χ3v) is 5.11. The van der Waals surface area contributed by atoms with Crippen molar-refractivity contribution in [3.63, 3.8) is 0 Å². The molecule has 0 unspecified atom stereocenters. The smallest absolute Gasteiger partial charge is 0.161 e. The maximum absolute atomic E-state index is 11.5. The van der Waals surface area contributed by atoms with Crippen LogP contribution in [-0.2, 0) is 5.41 Å². The number of Topliss-reactive ketones (excluding diaryl/α,β-unsaturated/α-hetero) is 1. The first-order chi connectivity index (χ1) is 7.34. The summed E-state index contributed by atoms with van der Waals surface area (Å²) in [7, 11) is 0. The number of thioether (sulfide) groups is 1. The van der Waals surface area contributed by atoms with Crippen LogP contribution in [0.1, 0.15) is 42.3 Å². The summed E-state index contributed by atoms with van der Waals surface area (Å²) in [6.45, 7) is 7.99. The minimum atomic E-state index is 0.0450. The highest BCUT2D eigenvalue weighted by atomic mass is 35.5. The number of rotatable bonds is 1. The minimum absolute atomic E-state index is 0.0450. The predicted molar refractivity (Wildman–Crippen MR) is 69.9 cm³/mol. The van der Waals surface area contributed by atoms with Gasteiger partial charge in [0.25, 0.3) is 0 Å². The highest BCUT2D eigenvalue weighted by Crippen LogP contribution is 2.49. The molecule has 0 amide bonds. The zero-order valence-corrected chi connectivity index (χ0v) is 11.6. The lowest BCUT2D eigenvalue weighted by atomic mass is 9.84. The van der Waals surface area contributed by atoms with Gasteiger partial charge in [0.1, 0.15) is 0 Å². The summed E-state index contributed by atoms with van der Waals surface area (Å²) in [5, 5.41) is 0.656. The van der Waals surface area contributed by atoms with Gasteiger partial charge in [-0.3, -0.25) is 4.79 Å². The topological polar surface area (TPSA) is 17.1 Å². The summed E-state index contributed by atoms with van der Waals surface area (Å²) >= 11 is 8.21. The zero-order chi connectivity index (χ0) is 12.1. The Morgan fingerprint density at radius 3 is 2.69 bits per heavy atom. The Bertz CT molecular complexity index is 477. The van der Waals surface area contributed by atoms with Crippen LogP contribution in [0.3, 0.4) is 0 Å². The van der Waals surface area contributed by atoms with Crippen molar-refractivity contribution < 1.29 is 4.79 Å². The van der Waals surface area contributed by atoms with Crippen LogP contribution < -0.4 is 0 Å². The van der Waals surface area contributed by atoms with Crippen molar-refractivity contribution in [1.82, 2.24) is 0 Å². The number of halogens is 1. The summed E-state index contributed by atoms with van der Waals surface area (Å²) in [6, 6.07) is 1.91. The summed E-state index contributed by atoms with van der Waals surface area (Å²) in [6.07, 6.45) is 0. The van der Waals surface area contributed by atoms with Gasteiger partial charge in [0.15, 0.2) is 5.78 Å². The first-order valence-corrected chi connectivity index (χ1v) is 6.68. The molecule has 0 bridgehead atoms. The van der Waals surface area contributed by atoms with Crippen LogP contribution in [0.4, 0.5) is 0 Å². The van der Waals surface area contributed by atoms with Crippen LogP contribution in [0.2, 0.25) is 5.02 Å². The van der Waals surface area contributed by atoms with Gasteiger partial charge in [0.2, 0.25) is 0 Å². The van der Waals surface area contributed by atoms with Gasteiger partial charge >= 0.3 is 0 Å². The van der Waals surface area contributed by atoms with Crippen molar-refractivity contribution in [2.45, 2.75) is 38.0 Å².